The van der Waals surface area contributed by atoms with Crippen LogP contribution in [0.2, 0.25) is 0 Å². The van der Waals surface area contributed by atoms with E-state index in [2.05, 4.69) is 5.32 Å². The van der Waals surface area contributed by atoms with Crippen LogP contribution in [0.25, 0.3) is 0 Å². The van der Waals surface area contributed by atoms with Gasteiger partial charge in [0, 0.05) is 18.0 Å². The Morgan fingerprint density at radius 3 is 2.60 bits per heavy atom. The number of aliphatic hydroxyl groups excluding tert-OH is 2. The number of nitrogens with zero attached hydrogens (tertiary/aromatic N) is 1. The second-order valence-electron chi connectivity index (χ2n) is 8.10. The number of hydrogen-bond donors (Lipinski definition) is 4. The number of amides is 2. The van der Waals surface area contributed by atoms with Crippen molar-refractivity contribution >= 4 is 18.0 Å². The van der Waals surface area contributed by atoms with Crippen LogP contribution >= 0.6 is 0 Å². The summed E-state index contributed by atoms with van der Waals surface area (Å²) in [5.74, 6) is -1.36. The highest BCUT2D eigenvalue weighted by Crippen LogP contribution is 2.27. The van der Waals surface area contributed by atoms with Crippen LogP contribution in [0, 0.1) is 0 Å². The van der Waals surface area contributed by atoms with Gasteiger partial charge in [0.25, 0.3) is 0 Å². The van der Waals surface area contributed by atoms with Crippen LogP contribution in [0.3, 0.4) is 0 Å². The lowest BCUT2D eigenvalue weighted by Gasteiger charge is -2.28. The number of allylic oxidation sites excluding steroid dienone is 1. The Morgan fingerprint density at radius 1 is 1.33 bits per heavy atom. The van der Waals surface area contributed by atoms with Gasteiger partial charge >= 0.3 is 12.1 Å². The number of esters is 1. The first-order valence-electron chi connectivity index (χ1n) is 9.51. The van der Waals surface area contributed by atoms with Gasteiger partial charge in [-0.1, -0.05) is 6.08 Å². The molecule has 11 heteroatoms. The molecule has 0 aliphatic carbocycles. The topological polar surface area (TPSA) is 161 Å². The van der Waals surface area contributed by atoms with Crippen LogP contribution in [0.1, 0.15) is 34.1 Å². The summed E-state index contributed by atoms with van der Waals surface area (Å²) in [6.45, 7) is 6.14. The Bertz CT molecular complexity index is 730. The smallest absolute Gasteiger partial charge is 0.408 e. The van der Waals surface area contributed by atoms with Crippen molar-refractivity contribution in [2.45, 2.75) is 70.3 Å². The van der Waals surface area contributed by atoms with Crippen molar-refractivity contribution < 1.29 is 38.8 Å². The Balaban J connectivity index is 1.89. The summed E-state index contributed by atoms with van der Waals surface area (Å²) in [4.78, 5) is 36.6. The molecule has 0 aromatic carbocycles. The van der Waals surface area contributed by atoms with E-state index in [-0.39, 0.29) is 6.61 Å². The molecule has 30 heavy (non-hydrogen) atoms. The standard InChI is InChI=1S/C19H29N3O8/c1-10(21-18(27)30-19(2,3)4)17(26)28-9-12-13(23)14(24)16(29-12)22-7-5-6-11(8-22)15(20)25/h5,7-8,10,12-14,16,23-24H,6,9H2,1-4H3,(H2,20,25)(H,21,27)/t10-,12+,13+,14+,16+/m0/s1. The normalized spacial score (nSPS) is 27.3. The zero-order chi connectivity index (χ0) is 22.6. The van der Waals surface area contributed by atoms with Crippen molar-refractivity contribution in [2.24, 2.45) is 5.73 Å². The molecule has 2 amide bonds. The summed E-state index contributed by atoms with van der Waals surface area (Å²) in [7, 11) is 0. The van der Waals surface area contributed by atoms with E-state index in [1.807, 2.05) is 0 Å². The van der Waals surface area contributed by atoms with E-state index < -0.39 is 54.2 Å². The third-order valence-corrected chi connectivity index (χ3v) is 4.34. The van der Waals surface area contributed by atoms with Gasteiger partial charge in [-0.2, -0.15) is 0 Å². The summed E-state index contributed by atoms with van der Waals surface area (Å²) < 4.78 is 15.8. The van der Waals surface area contributed by atoms with Gasteiger partial charge in [-0.3, -0.25) is 4.79 Å². The second kappa shape index (κ2) is 9.45. The van der Waals surface area contributed by atoms with Crippen LogP contribution in [0.4, 0.5) is 4.79 Å². The molecule has 0 bridgehead atoms. The molecule has 0 aromatic heterocycles. The number of primary amides is 1. The van der Waals surface area contributed by atoms with E-state index >= 15 is 0 Å². The number of aliphatic hydroxyl groups is 2. The van der Waals surface area contributed by atoms with Gasteiger partial charge in [0.15, 0.2) is 6.23 Å². The average molecular weight is 427 g/mol. The number of nitrogens with one attached hydrogen (secondary N) is 1. The van der Waals surface area contributed by atoms with Gasteiger partial charge in [-0.05, 0) is 34.1 Å². The Labute approximate surface area is 174 Å². The number of carbonyl (C=O) groups excluding carboxylic acids is 3. The zero-order valence-corrected chi connectivity index (χ0v) is 17.4. The Kier molecular flexibility index (Phi) is 7.45. The number of hydrogen-bond acceptors (Lipinski definition) is 9. The molecule has 0 saturated carbocycles. The maximum atomic E-state index is 12.1. The number of carbonyl (C=O) groups is 3. The summed E-state index contributed by atoms with van der Waals surface area (Å²) >= 11 is 0. The minimum Gasteiger partial charge on any atom is -0.461 e. The van der Waals surface area contributed by atoms with Gasteiger partial charge in [0.05, 0.1) is 0 Å². The summed E-state index contributed by atoms with van der Waals surface area (Å²) in [5.41, 5.74) is 4.88. The highest BCUT2D eigenvalue weighted by molar-refractivity contribution is 5.92. The third kappa shape index (κ3) is 6.18. The number of rotatable bonds is 6. The van der Waals surface area contributed by atoms with Gasteiger partial charge in [0.1, 0.15) is 36.6 Å². The zero-order valence-electron chi connectivity index (χ0n) is 17.4. The maximum Gasteiger partial charge on any atom is 0.408 e. The second-order valence-corrected chi connectivity index (χ2v) is 8.10. The van der Waals surface area contributed by atoms with E-state index in [1.165, 1.54) is 18.0 Å². The lowest BCUT2D eigenvalue weighted by atomic mass is 10.1. The van der Waals surface area contributed by atoms with E-state index in [0.717, 1.165) is 0 Å². The van der Waals surface area contributed by atoms with Crippen molar-refractivity contribution in [3.05, 3.63) is 24.0 Å². The first kappa shape index (κ1) is 23.6. The van der Waals surface area contributed by atoms with E-state index in [0.29, 0.717) is 12.0 Å². The number of alkyl carbamates (subject to hydrolysis) is 1. The molecule has 5 N–H and O–H groups in total. The van der Waals surface area contributed by atoms with Crippen LogP contribution in [-0.4, -0.2) is 75.9 Å². The Morgan fingerprint density at radius 2 is 2.00 bits per heavy atom. The van der Waals surface area contributed by atoms with Crippen molar-refractivity contribution in [1.29, 1.82) is 0 Å². The predicted octanol–water partition coefficient (Wildman–Crippen LogP) is -0.522. The lowest BCUT2D eigenvalue weighted by Crippen LogP contribution is -2.43. The van der Waals surface area contributed by atoms with Crippen LogP contribution < -0.4 is 11.1 Å². The highest BCUT2D eigenvalue weighted by atomic mass is 16.6. The Hall–Kier alpha value is -2.63. The minimum absolute atomic E-state index is 0.319. The fourth-order valence-electron chi connectivity index (χ4n) is 2.85. The molecule has 1 fully saturated rings. The van der Waals surface area contributed by atoms with E-state index in [1.54, 1.807) is 33.0 Å². The largest absolute Gasteiger partial charge is 0.461 e. The number of ether oxygens (including phenoxy) is 3. The van der Waals surface area contributed by atoms with Crippen molar-refractivity contribution in [3.63, 3.8) is 0 Å². The molecule has 1 saturated heterocycles. The van der Waals surface area contributed by atoms with Crippen LogP contribution in [0.5, 0.6) is 0 Å². The molecule has 0 aromatic rings. The minimum atomic E-state index is -1.34. The van der Waals surface area contributed by atoms with Crippen molar-refractivity contribution in [1.82, 2.24) is 10.2 Å². The molecule has 0 radical (unpaired) electrons. The molecule has 2 heterocycles. The SMILES string of the molecule is C[C@H](NC(=O)OC(C)(C)C)C(=O)OC[C@H]1O[C@@H](N2C=CCC(C(N)=O)=C2)[C@H](O)[C@@H]1O. The molecular formula is C19H29N3O8. The average Bonchev–Trinajstić information content (AvgIpc) is 2.92. The molecule has 168 valence electrons. The molecule has 0 spiro atoms. The van der Waals surface area contributed by atoms with Crippen molar-refractivity contribution in [2.75, 3.05) is 6.61 Å². The molecule has 5 atom stereocenters. The van der Waals surface area contributed by atoms with E-state index in [4.69, 9.17) is 19.9 Å². The first-order valence-corrected chi connectivity index (χ1v) is 9.51. The molecule has 2 rings (SSSR count). The summed E-state index contributed by atoms with van der Waals surface area (Å²) in [6, 6.07) is -0.995. The number of nitrogens with two attached hydrogens (primary N) is 1. The summed E-state index contributed by atoms with van der Waals surface area (Å²) in [5, 5.41) is 22.9. The molecule has 2 aliphatic rings. The molecular weight excluding hydrogens is 398 g/mol. The fraction of sp³-hybridized carbons (Fsp3) is 0.632. The quantitative estimate of drug-likeness (QED) is 0.409. The van der Waals surface area contributed by atoms with E-state index in [9.17, 15) is 24.6 Å². The highest BCUT2D eigenvalue weighted by Gasteiger charge is 2.45. The molecule has 2 aliphatic heterocycles. The first-order chi connectivity index (χ1) is 13.9. The van der Waals surface area contributed by atoms with Crippen molar-refractivity contribution in [3.8, 4) is 0 Å². The predicted molar refractivity (Wildman–Crippen MR) is 103 cm³/mol. The van der Waals surface area contributed by atoms with Gasteiger partial charge < -0.3 is 40.4 Å². The van der Waals surface area contributed by atoms with Gasteiger partial charge in [-0.25, -0.2) is 9.59 Å². The third-order valence-electron chi connectivity index (χ3n) is 4.34. The lowest BCUT2D eigenvalue weighted by molar-refractivity contribution is -0.152. The molecule has 0 unspecified atom stereocenters. The monoisotopic (exact) mass is 427 g/mol. The fourth-order valence-corrected chi connectivity index (χ4v) is 2.85. The van der Waals surface area contributed by atoms with Gasteiger partial charge in [0.2, 0.25) is 5.91 Å². The van der Waals surface area contributed by atoms with Crippen LogP contribution in [0.15, 0.2) is 24.0 Å². The summed E-state index contributed by atoms with van der Waals surface area (Å²) in [6.07, 6.45) is -0.389. The maximum absolute atomic E-state index is 12.1. The van der Waals surface area contributed by atoms with Gasteiger partial charge in [-0.15, -0.1) is 0 Å². The van der Waals surface area contributed by atoms with Crippen LogP contribution in [-0.2, 0) is 23.8 Å². The molecule has 11 nitrogen and oxygen atoms in total.